The molecule has 1 unspecified atom stereocenters. The van der Waals surface area contributed by atoms with Crippen molar-refractivity contribution in [2.75, 3.05) is 18.1 Å². The smallest absolute Gasteiger partial charge is 0.128 e. The summed E-state index contributed by atoms with van der Waals surface area (Å²) in [5.41, 5.74) is 2.22. The normalized spacial score (nSPS) is 20.4. The van der Waals surface area contributed by atoms with Crippen LogP contribution in [0.3, 0.4) is 0 Å². The molecule has 0 amide bonds. The van der Waals surface area contributed by atoms with E-state index in [1.54, 1.807) is 0 Å². The van der Waals surface area contributed by atoms with Crippen LogP contribution in [0.1, 0.15) is 25.2 Å². The average Bonchev–Trinajstić information content (AvgIpc) is 2.80. The molecule has 1 atom stereocenters. The Morgan fingerprint density at radius 1 is 1.56 bits per heavy atom. The third-order valence-electron chi connectivity index (χ3n) is 3.26. The maximum atomic E-state index is 4.78. The summed E-state index contributed by atoms with van der Waals surface area (Å²) < 4.78 is 2.35. The van der Waals surface area contributed by atoms with Crippen LogP contribution in [-0.4, -0.2) is 32.6 Å². The van der Waals surface area contributed by atoms with Crippen molar-refractivity contribution in [3.05, 3.63) is 24.3 Å². The summed E-state index contributed by atoms with van der Waals surface area (Å²) in [7, 11) is 0. The van der Waals surface area contributed by atoms with Crippen LogP contribution in [0.25, 0.3) is 11.0 Å². The van der Waals surface area contributed by atoms with Gasteiger partial charge in [0.15, 0.2) is 0 Å². The minimum Gasteiger partial charge on any atom is -0.327 e. The van der Waals surface area contributed by atoms with Gasteiger partial charge in [-0.1, -0.05) is 6.92 Å². The monoisotopic (exact) mass is 262 g/mol. The van der Waals surface area contributed by atoms with E-state index >= 15 is 0 Å². The van der Waals surface area contributed by atoms with E-state index in [-0.39, 0.29) is 0 Å². The van der Waals surface area contributed by atoms with E-state index < -0.39 is 0 Å². The quantitative estimate of drug-likeness (QED) is 0.921. The molecule has 3 heterocycles. The molecular formula is C13H18N4S. The summed E-state index contributed by atoms with van der Waals surface area (Å²) in [4.78, 5) is 8.95. The molecule has 3 rings (SSSR count). The Kier molecular flexibility index (Phi) is 3.52. The second-order valence-corrected chi connectivity index (χ2v) is 5.72. The summed E-state index contributed by atoms with van der Waals surface area (Å²) in [6, 6.07) is 2.44. The standard InChI is InChI=1S/C13H18N4S/c1-2-6-17-12-3-4-14-8-10(12)16-13(17)11-9-18-7-5-15-11/h3-4,8,11,15H,2,5-7,9H2,1H3. The molecule has 1 aliphatic rings. The number of fused-ring (bicyclic) bond motifs is 1. The Labute approximate surface area is 111 Å². The van der Waals surface area contributed by atoms with Gasteiger partial charge in [0.1, 0.15) is 11.3 Å². The first-order valence-corrected chi connectivity index (χ1v) is 7.67. The van der Waals surface area contributed by atoms with Crippen molar-refractivity contribution < 1.29 is 0 Å². The molecule has 4 nitrogen and oxygen atoms in total. The Morgan fingerprint density at radius 3 is 3.28 bits per heavy atom. The number of hydrogen-bond donors (Lipinski definition) is 1. The van der Waals surface area contributed by atoms with E-state index in [9.17, 15) is 0 Å². The number of pyridine rings is 1. The minimum absolute atomic E-state index is 0.377. The highest BCUT2D eigenvalue weighted by Gasteiger charge is 2.21. The first kappa shape index (κ1) is 12.0. The molecule has 0 aliphatic carbocycles. The fourth-order valence-corrected chi connectivity index (χ4v) is 3.39. The molecule has 0 aromatic carbocycles. The molecule has 0 saturated carbocycles. The van der Waals surface area contributed by atoms with Crippen molar-refractivity contribution in [3.8, 4) is 0 Å². The van der Waals surface area contributed by atoms with E-state index in [2.05, 4.69) is 27.9 Å². The zero-order chi connectivity index (χ0) is 12.4. The highest BCUT2D eigenvalue weighted by Crippen LogP contribution is 2.25. The van der Waals surface area contributed by atoms with Gasteiger partial charge in [-0.05, 0) is 12.5 Å². The summed E-state index contributed by atoms with van der Waals surface area (Å²) in [5, 5.41) is 3.57. The summed E-state index contributed by atoms with van der Waals surface area (Å²) in [6.07, 6.45) is 4.84. The zero-order valence-corrected chi connectivity index (χ0v) is 11.4. The minimum atomic E-state index is 0.377. The van der Waals surface area contributed by atoms with Gasteiger partial charge in [0.05, 0.1) is 17.8 Å². The van der Waals surface area contributed by atoms with Crippen molar-refractivity contribution in [1.82, 2.24) is 19.9 Å². The lowest BCUT2D eigenvalue weighted by Gasteiger charge is -2.23. The number of aryl methyl sites for hydroxylation is 1. The van der Waals surface area contributed by atoms with Crippen LogP contribution in [0.15, 0.2) is 18.5 Å². The molecule has 1 N–H and O–H groups in total. The van der Waals surface area contributed by atoms with Gasteiger partial charge in [-0.3, -0.25) is 4.98 Å². The van der Waals surface area contributed by atoms with E-state index in [1.807, 2.05) is 24.2 Å². The second kappa shape index (κ2) is 5.28. The van der Waals surface area contributed by atoms with Crippen LogP contribution in [0.4, 0.5) is 0 Å². The van der Waals surface area contributed by atoms with Gasteiger partial charge in [-0.15, -0.1) is 0 Å². The maximum Gasteiger partial charge on any atom is 0.128 e. The topological polar surface area (TPSA) is 42.7 Å². The summed E-state index contributed by atoms with van der Waals surface area (Å²) in [6.45, 7) is 4.31. The molecule has 0 spiro atoms. The molecule has 1 fully saturated rings. The molecule has 2 aromatic rings. The number of imidazole rings is 1. The Hall–Kier alpha value is -1.07. The molecule has 1 saturated heterocycles. The average molecular weight is 262 g/mol. The Bertz CT molecular complexity index is 531. The summed E-state index contributed by atoms with van der Waals surface area (Å²) >= 11 is 2.00. The van der Waals surface area contributed by atoms with E-state index in [4.69, 9.17) is 4.98 Å². The van der Waals surface area contributed by atoms with Crippen LogP contribution >= 0.6 is 11.8 Å². The molecule has 0 radical (unpaired) electrons. The number of hydrogen-bond acceptors (Lipinski definition) is 4. The van der Waals surface area contributed by atoms with E-state index in [1.165, 1.54) is 17.1 Å². The van der Waals surface area contributed by atoms with Crippen LogP contribution in [0, 0.1) is 0 Å². The lowest BCUT2D eigenvalue weighted by molar-refractivity contribution is 0.526. The first-order chi connectivity index (χ1) is 8.90. The van der Waals surface area contributed by atoms with E-state index in [0.29, 0.717) is 6.04 Å². The highest BCUT2D eigenvalue weighted by atomic mass is 32.2. The first-order valence-electron chi connectivity index (χ1n) is 6.51. The van der Waals surface area contributed by atoms with Crippen molar-refractivity contribution in [3.63, 3.8) is 0 Å². The predicted octanol–water partition coefficient (Wildman–Crippen LogP) is 2.22. The molecule has 18 heavy (non-hydrogen) atoms. The highest BCUT2D eigenvalue weighted by molar-refractivity contribution is 7.99. The molecule has 0 bridgehead atoms. The van der Waals surface area contributed by atoms with Gasteiger partial charge in [-0.25, -0.2) is 4.98 Å². The zero-order valence-electron chi connectivity index (χ0n) is 10.6. The van der Waals surface area contributed by atoms with Crippen molar-refractivity contribution in [2.45, 2.75) is 25.9 Å². The Morgan fingerprint density at radius 2 is 2.50 bits per heavy atom. The molecular weight excluding hydrogens is 244 g/mol. The number of nitrogens with one attached hydrogen (secondary N) is 1. The number of thioether (sulfide) groups is 1. The van der Waals surface area contributed by atoms with Crippen LogP contribution in [-0.2, 0) is 6.54 Å². The number of aromatic nitrogens is 3. The van der Waals surface area contributed by atoms with Gasteiger partial charge in [0.25, 0.3) is 0 Å². The second-order valence-electron chi connectivity index (χ2n) is 4.57. The molecule has 1 aliphatic heterocycles. The van der Waals surface area contributed by atoms with Crippen LogP contribution in [0.5, 0.6) is 0 Å². The fourth-order valence-electron chi connectivity index (χ4n) is 2.46. The SMILES string of the molecule is CCCn1c(C2CSCCN2)nc2cnccc21. The van der Waals surface area contributed by atoms with Crippen molar-refractivity contribution >= 4 is 22.8 Å². The van der Waals surface area contributed by atoms with Crippen molar-refractivity contribution in [2.24, 2.45) is 0 Å². The van der Waals surface area contributed by atoms with Gasteiger partial charge < -0.3 is 9.88 Å². The van der Waals surface area contributed by atoms with Gasteiger partial charge in [-0.2, -0.15) is 11.8 Å². The third kappa shape index (κ3) is 2.12. The molecule has 5 heteroatoms. The Balaban J connectivity index is 2.05. The lowest BCUT2D eigenvalue weighted by atomic mass is 10.3. The van der Waals surface area contributed by atoms with Gasteiger partial charge >= 0.3 is 0 Å². The third-order valence-corrected chi connectivity index (χ3v) is 4.32. The lowest BCUT2D eigenvalue weighted by Crippen LogP contribution is -2.32. The number of nitrogens with zero attached hydrogens (tertiary/aromatic N) is 3. The largest absolute Gasteiger partial charge is 0.327 e. The van der Waals surface area contributed by atoms with Crippen LogP contribution in [0.2, 0.25) is 0 Å². The van der Waals surface area contributed by atoms with Gasteiger partial charge in [0.2, 0.25) is 0 Å². The number of rotatable bonds is 3. The summed E-state index contributed by atoms with van der Waals surface area (Å²) in [5.74, 6) is 3.49. The maximum absolute atomic E-state index is 4.78. The fraction of sp³-hybridized carbons (Fsp3) is 0.538. The van der Waals surface area contributed by atoms with Gasteiger partial charge in [0, 0.05) is 30.8 Å². The van der Waals surface area contributed by atoms with Crippen LogP contribution < -0.4 is 5.32 Å². The van der Waals surface area contributed by atoms with Crippen molar-refractivity contribution in [1.29, 1.82) is 0 Å². The molecule has 96 valence electrons. The van der Waals surface area contributed by atoms with E-state index in [0.717, 1.165) is 30.8 Å². The predicted molar refractivity (Wildman–Crippen MR) is 75.9 cm³/mol. The molecule has 2 aromatic heterocycles.